The number of aryl methyl sites for hydroxylation is 1. The molecule has 1 N–H and O–H groups in total. The minimum atomic E-state index is -0.839. The van der Waals surface area contributed by atoms with Crippen molar-refractivity contribution in [2.75, 3.05) is 19.6 Å². The maximum atomic E-state index is 10.4. The molecule has 0 saturated carbocycles. The minimum absolute atomic E-state index is 0.0464. The van der Waals surface area contributed by atoms with Crippen LogP contribution in [0, 0.1) is 0 Å². The molecule has 6 heteroatoms. The van der Waals surface area contributed by atoms with Gasteiger partial charge in [0.15, 0.2) is 5.82 Å². The molecular formula is C11H17N3O3. The minimum Gasteiger partial charge on any atom is -0.481 e. The predicted molar refractivity (Wildman–Crippen MR) is 59.7 cm³/mol. The molecule has 1 saturated heterocycles. The molecule has 0 aromatic carbocycles. The number of aromatic nitrogens is 2. The van der Waals surface area contributed by atoms with Crippen LogP contribution in [0.5, 0.6) is 0 Å². The number of rotatable bonds is 5. The van der Waals surface area contributed by atoms with Gasteiger partial charge < -0.3 is 14.5 Å². The van der Waals surface area contributed by atoms with Crippen molar-refractivity contribution in [2.45, 2.75) is 32.1 Å². The predicted octanol–water partition coefficient (Wildman–Crippen LogP) is 0.896. The van der Waals surface area contributed by atoms with Crippen molar-refractivity contribution in [2.24, 2.45) is 0 Å². The van der Waals surface area contributed by atoms with Crippen molar-refractivity contribution in [3.8, 4) is 0 Å². The van der Waals surface area contributed by atoms with E-state index in [9.17, 15) is 4.79 Å². The van der Waals surface area contributed by atoms with Crippen LogP contribution < -0.4 is 0 Å². The SMILES string of the molecule is CCN1CCC(c2nc(CCC(=O)O)no2)C1. The lowest BCUT2D eigenvalue weighted by molar-refractivity contribution is -0.137. The second kappa shape index (κ2) is 5.27. The summed E-state index contributed by atoms with van der Waals surface area (Å²) >= 11 is 0. The summed E-state index contributed by atoms with van der Waals surface area (Å²) in [5, 5.41) is 12.4. The number of carboxylic acids is 1. The second-order valence-corrected chi connectivity index (χ2v) is 4.32. The van der Waals surface area contributed by atoms with Crippen LogP contribution in [0.15, 0.2) is 4.52 Å². The van der Waals surface area contributed by atoms with E-state index in [0.717, 1.165) is 26.1 Å². The van der Waals surface area contributed by atoms with Crippen molar-refractivity contribution in [1.29, 1.82) is 0 Å². The monoisotopic (exact) mass is 239 g/mol. The number of carbonyl (C=O) groups is 1. The highest BCUT2D eigenvalue weighted by Crippen LogP contribution is 2.25. The van der Waals surface area contributed by atoms with Gasteiger partial charge in [0.2, 0.25) is 5.89 Å². The summed E-state index contributed by atoms with van der Waals surface area (Å²) in [6.07, 6.45) is 1.42. The topological polar surface area (TPSA) is 79.5 Å². The zero-order valence-electron chi connectivity index (χ0n) is 9.93. The van der Waals surface area contributed by atoms with Crippen LogP contribution in [-0.2, 0) is 11.2 Å². The normalized spacial score (nSPS) is 20.9. The molecule has 1 atom stereocenters. The maximum Gasteiger partial charge on any atom is 0.303 e. The van der Waals surface area contributed by atoms with Crippen molar-refractivity contribution >= 4 is 5.97 Å². The summed E-state index contributed by atoms with van der Waals surface area (Å²) in [7, 11) is 0. The standard InChI is InChI=1S/C11H17N3O3/c1-2-14-6-5-8(7-14)11-12-9(13-17-11)3-4-10(15)16/h8H,2-7H2,1H3,(H,15,16). The van der Waals surface area contributed by atoms with E-state index >= 15 is 0 Å². The summed E-state index contributed by atoms with van der Waals surface area (Å²) in [6, 6.07) is 0. The quantitative estimate of drug-likeness (QED) is 0.822. The molecule has 17 heavy (non-hydrogen) atoms. The summed E-state index contributed by atoms with van der Waals surface area (Å²) in [5.74, 6) is 0.620. The van der Waals surface area contributed by atoms with Crippen LogP contribution in [0.4, 0.5) is 0 Å². The van der Waals surface area contributed by atoms with Crippen molar-refractivity contribution in [1.82, 2.24) is 15.0 Å². The van der Waals surface area contributed by atoms with Gasteiger partial charge in [-0.25, -0.2) is 0 Å². The Kier molecular flexibility index (Phi) is 3.73. The summed E-state index contributed by atoms with van der Waals surface area (Å²) < 4.78 is 5.19. The first-order valence-corrected chi connectivity index (χ1v) is 5.95. The van der Waals surface area contributed by atoms with Gasteiger partial charge in [0.25, 0.3) is 0 Å². The number of hydrogen-bond donors (Lipinski definition) is 1. The van der Waals surface area contributed by atoms with Gasteiger partial charge in [-0.15, -0.1) is 0 Å². The third-order valence-corrected chi connectivity index (χ3v) is 3.12. The Morgan fingerprint density at radius 2 is 2.47 bits per heavy atom. The lowest BCUT2D eigenvalue weighted by Gasteiger charge is -2.10. The Bertz CT molecular complexity index is 391. The Hall–Kier alpha value is -1.43. The second-order valence-electron chi connectivity index (χ2n) is 4.32. The van der Waals surface area contributed by atoms with E-state index in [1.165, 1.54) is 0 Å². The van der Waals surface area contributed by atoms with Crippen LogP contribution >= 0.6 is 0 Å². The van der Waals surface area contributed by atoms with Gasteiger partial charge in [-0.05, 0) is 19.5 Å². The van der Waals surface area contributed by atoms with E-state index in [4.69, 9.17) is 9.63 Å². The Balaban J connectivity index is 1.92. The average Bonchev–Trinajstić information content (AvgIpc) is 2.94. The lowest BCUT2D eigenvalue weighted by atomic mass is 10.1. The first kappa shape index (κ1) is 12.0. The fraction of sp³-hybridized carbons (Fsp3) is 0.727. The number of carboxylic acid groups (broad SMARTS) is 1. The van der Waals surface area contributed by atoms with Crippen LogP contribution in [0.2, 0.25) is 0 Å². The molecule has 1 aromatic rings. The molecule has 6 nitrogen and oxygen atoms in total. The molecule has 0 amide bonds. The molecular weight excluding hydrogens is 222 g/mol. The van der Waals surface area contributed by atoms with Gasteiger partial charge >= 0.3 is 5.97 Å². The van der Waals surface area contributed by atoms with Crippen molar-refractivity contribution in [3.05, 3.63) is 11.7 Å². The molecule has 2 heterocycles. The van der Waals surface area contributed by atoms with Gasteiger partial charge in [0.1, 0.15) is 0 Å². The highest BCUT2D eigenvalue weighted by atomic mass is 16.5. The zero-order chi connectivity index (χ0) is 12.3. The van der Waals surface area contributed by atoms with Gasteiger partial charge in [-0.2, -0.15) is 4.98 Å². The Labute approximate surface area is 99.6 Å². The zero-order valence-corrected chi connectivity index (χ0v) is 9.93. The third-order valence-electron chi connectivity index (χ3n) is 3.12. The van der Waals surface area contributed by atoms with Crippen LogP contribution in [0.1, 0.15) is 37.4 Å². The third kappa shape index (κ3) is 3.03. The smallest absolute Gasteiger partial charge is 0.303 e. The summed E-state index contributed by atoms with van der Waals surface area (Å²) in [4.78, 5) is 17.0. The molecule has 2 rings (SSSR count). The largest absolute Gasteiger partial charge is 0.481 e. The van der Waals surface area contributed by atoms with Crippen molar-refractivity contribution < 1.29 is 14.4 Å². The molecule has 1 fully saturated rings. The van der Waals surface area contributed by atoms with Gasteiger partial charge in [0.05, 0.1) is 12.3 Å². The number of aliphatic carboxylic acids is 1. The van der Waals surface area contributed by atoms with Crippen LogP contribution in [0.25, 0.3) is 0 Å². The molecule has 0 radical (unpaired) electrons. The fourth-order valence-electron chi connectivity index (χ4n) is 2.08. The van der Waals surface area contributed by atoms with Gasteiger partial charge in [0, 0.05) is 13.0 Å². The molecule has 0 spiro atoms. The van der Waals surface area contributed by atoms with E-state index in [0.29, 0.717) is 24.1 Å². The summed E-state index contributed by atoms with van der Waals surface area (Å²) in [5.41, 5.74) is 0. The average molecular weight is 239 g/mol. The summed E-state index contributed by atoms with van der Waals surface area (Å²) in [6.45, 7) is 5.19. The molecule has 1 aromatic heterocycles. The lowest BCUT2D eigenvalue weighted by Crippen LogP contribution is -2.19. The number of hydrogen-bond acceptors (Lipinski definition) is 5. The molecule has 1 unspecified atom stereocenters. The molecule has 0 bridgehead atoms. The van der Waals surface area contributed by atoms with E-state index in [-0.39, 0.29) is 6.42 Å². The number of likely N-dealkylation sites (N-methyl/N-ethyl adjacent to an activating group) is 1. The van der Waals surface area contributed by atoms with Gasteiger partial charge in [-0.3, -0.25) is 4.79 Å². The highest BCUT2D eigenvalue weighted by molar-refractivity contribution is 5.66. The van der Waals surface area contributed by atoms with Crippen LogP contribution in [-0.4, -0.2) is 45.8 Å². The fourth-order valence-corrected chi connectivity index (χ4v) is 2.08. The highest BCUT2D eigenvalue weighted by Gasteiger charge is 2.27. The molecule has 1 aliphatic rings. The van der Waals surface area contributed by atoms with E-state index in [1.54, 1.807) is 0 Å². The maximum absolute atomic E-state index is 10.4. The first-order chi connectivity index (χ1) is 8.19. The molecule has 0 aliphatic carbocycles. The molecule has 94 valence electrons. The first-order valence-electron chi connectivity index (χ1n) is 5.95. The van der Waals surface area contributed by atoms with E-state index in [2.05, 4.69) is 22.0 Å². The van der Waals surface area contributed by atoms with Crippen LogP contribution in [0.3, 0.4) is 0 Å². The van der Waals surface area contributed by atoms with Gasteiger partial charge in [-0.1, -0.05) is 12.1 Å². The number of nitrogens with zero attached hydrogens (tertiary/aromatic N) is 3. The van der Waals surface area contributed by atoms with Crippen molar-refractivity contribution in [3.63, 3.8) is 0 Å². The number of likely N-dealkylation sites (tertiary alicyclic amines) is 1. The van der Waals surface area contributed by atoms with E-state index in [1.807, 2.05) is 0 Å². The molecule has 1 aliphatic heterocycles. The Morgan fingerprint density at radius 3 is 3.12 bits per heavy atom. The Morgan fingerprint density at radius 1 is 1.65 bits per heavy atom. The van der Waals surface area contributed by atoms with E-state index < -0.39 is 5.97 Å².